The van der Waals surface area contributed by atoms with Crippen LogP contribution in [0.1, 0.15) is 35.4 Å². The number of rotatable bonds is 9. The van der Waals surface area contributed by atoms with Gasteiger partial charge in [-0.3, -0.25) is 9.59 Å². The number of carboxylic acid groups (broad SMARTS) is 1. The molecule has 0 spiro atoms. The first-order valence-corrected chi connectivity index (χ1v) is 13.2. The van der Waals surface area contributed by atoms with Crippen LogP contribution in [0.2, 0.25) is 0 Å². The quantitative estimate of drug-likeness (QED) is 0.426. The highest BCUT2D eigenvalue weighted by Crippen LogP contribution is 2.44. The van der Waals surface area contributed by atoms with Gasteiger partial charge in [0.05, 0.1) is 5.41 Å². The number of aliphatic carboxylic acids is 1. The molecule has 8 nitrogen and oxygen atoms in total. The highest BCUT2D eigenvalue weighted by molar-refractivity contribution is 5.87. The maximum absolute atomic E-state index is 13.8. The SMILES string of the molecule is O=C(O)CN(Cc1ccccc1)C(=O)C1(CNC(=O)OCC2c3ccccc3-c3ccccc32)CCOCC1. The number of benzene rings is 3. The van der Waals surface area contributed by atoms with Crippen molar-refractivity contribution in [1.82, 2.24) is 10.2 Å². The number of amides is 2. The zero-order valence-electron chi connectivity index (χ0n) is 21.7. The first-order chi connectivity index (χ1) is 19.0. The predicted molar refractivity (Wildman–Crippen MR) is 145 cm³/mol. The molecule has 0 radical (unpaired) electrons. The number of hydrogen-bond acceptors (Lipinski definition) is 5. The van der Waals surface area contributed by atoms with E-state index < -0.39 is 24.0 Å². The molecular weight excluding hydrogens is 496 g/mol. The second kappa shape index (κ2) is 11.7. The van der Waals surface area contributed by atoms with Gasteiger partial charge in [0.2, 0.25) is 5.91 Å². The van der Waals surface area contributed by atoms with Crippen LogP contribution in [0.3, 0.4) is 0 Å². The van der Waals surface area contributed by atoms with Gasteiger partial charge in [0.25, 0.3) is 0 Å². The normalized spacial score (nSPS) is 15.6. The first-order valence-electron chi connectivity index (χ1n) is 13.2. The lowest BCUT2D eigenvalue weighted by atomic mass is 9.78. The maximum atomic E-state index is 13.8. The minimum Gasteiger partial charge on any atom is -0.480 e. The van der Waals surface area contributed by atoms with E-state index in [-0.39, 0.29) is 31.5 Å². The molecule has 39 heavy (non-hydrogen) atoms. The fourth-order valence-electron chi connectivity index (χ4n) is 5.62. The third-order valence-corrected chi connectivity index (χ3v) is 7.65. The molecular formula is C31H32N2O6. The van der Waals surface area contributed by atoms with Gasteiger partial charge in [-0.25, -0.2) is 4.79 Å². The zero-order chi connectivity index (χ0) is 27.2. The van der Waals surface area contributed by atoms with E-state index in [0.29, 0.717) is 26.1 Å². The molecule has 1 aliphatic carbocycles. The number of ether oxygens (including phenoxy) is 2. The van der Waals surface area contributed by atoms with Crippen LogP contribution in [0, 0.1) is 5.41 Å². The molecule has 1 aliphatic heterocycles. The molecule has 0 unspecified atom stereocenters. The Kier molecular flexibility index (Phi) is 7.93. The molecule has 2 N–H and O–H groups in total. The summed E-state index contributed by atoms with van der Waals surface area (Å²) in [5, 5.41) is 12.3. The van der Waals surface area contributed by atoms with Crippen molar-refractivity contribution >= 4 is 18.0 Å². The number of nitrogens with one attached hydrogen (secondary N) is 1. The summed E-state index contributed by atoms with van der Waals surface area (Å²) in [6, 6.07) is 25.5. The van der Waals surface area contributed by atoms with Crippen LogP contribution in [-0.4, -0.2) is 60.9 Å². The Balaban J connectivity index is 1.27. The van der Waals surface area contributed by atoms with Crippen molar-refractivity contribution in [2.75, 3.05) is 32.9 Å². The van der Waals surface area contributed by atoms with Crippen LogP contribution in [0.4, 0.5) is 4.79 Å². The van der Waals surface area contributed by atoms with Crippen molar-refractivity contribution in [3.05, 3.63) is 95.6 Å². The summed E-state index contributed by atoms with van der Waals surface area (Å²) >= 11 is 0. The molecule has 5 rings (SSSR count). The number of carbonyl (C=O) groups is 3. The molecule has 0 saturated carbocycles. The second-order valence-electron chi connectivity index (χ2n) is 10.1. The monoisotopic (exact) mass is 528 g/mol. The molecule has 0 aromatic heterocycles. The third kappa shape index (κ3) is 5.81. The number of nitrogens with zero attached hydrogens (tertiary/aromatic N) is 1. The van der Waals surface area contributed by atoms with Crippen LogP contribution in [0.15, 0.2) is 78.9 Å². The molecule has 2 aliphatic rings. The molecule has 0 bridgehead atoms. The van der Waals surface area contributed by atoms with Gasteiger partial charge in [-0.2, -0.15) is 0 Å². The maximum Gasteiger partial charge on any atom is 0.407 e. The molecule has 0 atom stereocenters. The highest BCUT2D eigenvalue weighted by atomic mass is 16.5. The van der Waals surface area contributed by atoms with E-state index in [1.807, 2.05) is 54.6 Å². The lowest BCUT2D eigenvalue weighted by Crippen LogP contribution is -2.53. The number of carbonyl (C=O) groups excluding carboxylic acids is 2. The van der Waals surface area contributed by atoms with E-state index in [4.69, 9.17) is 9.47 Å². The largest absolute Gasteiger partial charge is 0.480 e. The van der Waals surface area contributed by atoms with Crippen molar-refractivity contribution in [1.29, 1.82) is 0 Å². The van der Waals surface area contributed by atoms with E-state index in [9.17, 15) is 19.5 Å². The van der Waals surface area contributed by atoms with Crippen LogP contribution in [-0.2, 0) is 25.6 Å². The van der Waals surface area contributed by atoms with Crippen molar-refractivity contribution < 1.29 is 29.0 Å². The van der Waals surface area contributed by atoms with Crippen molar-refractivity contribution in [2.24, 2.45) is 5.41 Å². The van der Waals surface area contributed by atoms with E-state index >= 15 is 0 Å². The number of fused-ring (bicyclic) bond motifs is 3. The van der Waals surface area contributed by atoms with Gasteiger partial charge in [-0.1, -0.05) is 78.9 Å². The standard InChI is InChI=1S/C31H32N2O6/c34-28(35)19-33(18-22-8-2-1-3-9-22)29(36)31(14-16-38-17-15-31)21-32-30(37)39-20-27-25-12-6-4-10-23(25)24-11-5-7-13-26(24)27/h1-13,27H,14-21H2,(H,32,37)(H,34,35). The van der Waals surface area contributed by atoms with Gasteiger partial charge in [0.15, 0.2) is 0 Å². The Morgan fingerprint density at radius 1 is 0.897 bits per heavy atom. The van der Waals surface area contributed by atoms with Gasteiger partial charge in [-0.05, 0) is 40.7 Å². The van der Waals surface area contributed by atoms with E-state index in [2.05, 4.69) is 29.6 Å². The summed E-state index contributed by atoms with van der Waals surface area (Å²) in [5.41, 5.74) is 4.38. The molecule has 1 saturated heterocycles. The highest BCUT2D eigenvalue weighted by Gasteiger charge is 2.43. The van der Waals surface area contributed by atoms with Crippen LogP contribution < -0.4 is 5.32 Å². The fourth-order valence-corrected chi connectivity index (χ4v) is 5.62. The third-order valence-electron chi connectivity index (χ3n) is 7.65. The Morgan fingerprint density at radius 3 is 2.10 bits per heavy atom. The number of alkyl carbamates (subject to hydrolysis) is 1. The lowest BCUT2D eigenvalue weighted by molar-refractivity contribution is -0.154. The molecule has 1 heterocycles. The molecule has 2 amide bonds. The minimum absolute atomic E-state index is 0.0385. The summed E-state index contributed by atoms with van der Waals surface area (Å²) in [6.07, 6.45) is 0.143. The molecule has 3 aromatic carbocycles. The topological polar surface area (TPSA) is 105 Å². The lowest BCUT2D eigenvalue weighted by Gasteiger charge is -2.39. The summed E-state index contributed by atoms with van der Waals surface area (Å²) in [6.45, 7) is 0.648. The fraction of sp³-hybridized carbons (Fsp3) is 0.323. The van der Waals surface area contributed by atoms with Crippen molar-refractivity contribution in [2.45, 2.75) is 25.3 Å². The predicted octanol–water partition coefficient (Wildman–Crippen LogP) is 4.44. The smallest absolute Gasteiger partial charge is 0.407 e. The first kappa shape index (κ1) is 26.4. The average molecular weight is 529 g/mol. The van der Waals surface area contributed by atoms with Crippen LogP contribution >= 0.6 is 0 Å². The molecule has 202 valence electrons. The second-order valence-corrected chi connectivity index (χ2v) is 10.1. The summed E-state index contributed by atoms with van der Waals surface area (Å²) in [5.74, 6) is -1.47. The van der Waals surface area contributed by atoms with Crippen LogP contribution in [0.5, 0.6) is 0 Å². The summed E-state index contributed by atoms with van der Waals surface area (Å²) in [4.78, 5) is 39.7. The Labute approximate surface area is 227 Å². The van der Waals surface area contributed by atoms with Crippen LogP contribution in [0.25, 0.3) is 11.1 Å². The van der Waals surface area contributed by atoms with E-state index in [0.717, 1.165) is 27.8 Å². The number of hydrogen-bond donors (Lipinski definition) is 2. The van der Waals surface area contributed by atoms with E-state index in [1.165, 1.54) is 4.90 Å². The molecule has 8 heteroatoms. The minimum atomic E-state index is -1.09. The van der Waals surface area contributed by atoms with Gasteiger partial charge in [0.1, 0.15) is 13.2 Å². The van der Waals surface area contributed by atoms with Gasteiger partial charge in [-0.15, -0.1) is 0 Å². The Hall–Kier alpha value is -4.17. The van der Waals surface area contributed by atoms with E-state index in [1.54, 1.807) is 0 Å². The molecule has 1 fully saturated rings. The van der Waals surface area contributed by atoms with Gasteiger partial charge >= 0.3 is 12.1 Å². The zero-order valence-corrected chi connectivity index (χ0v) is 21.7. The Morgan fingerprint density at radius 2 is 1.49 bits per heavy atom. The van der Waals surface area contributed by atoms with Crippen molar-refractivity contribution in [3.63, 3.8) is 0 Å². The Bertz CT molecular complexity index is 1290. The van der Waals surface area contributed by atoms with Gasteiger partial charge < -0.3 is 24.8 Å². The van der Waals surface area contributed by atoms with Gasteiger partial charge in [0, 0.05) is 32.2 Å². The van der Waals surface area contributed by atoms with Crippen molar-refractivity contribution in [3.8, 4) is 11.1 Å². The molecule has 3 aromatic rings. The number of carboxylic acids is 1. The summed E-state index contributed by atoms with van der Waals surface area (Å²) in [7, 11) is 0. The summed E-state index contributed by atoms with van der Waals surface area (Å²) < 4.78 is 11.2. The average Bonchev–Trinajstić information content (AvgIpc) is 3.28.